The number of hydrogen-bond acceptors (Lipinski definition) is 3. The second kappa shape index (κ2) is 5.26. The van der Waals surface area contributed by atoms with Gasteiger partial charge in [0.2, 0.25) is 0 Å². The highest BCUT2D eigenvalue weighted by molar-refractivity contribution is 5.78. The predicted octanol–water partition coefficient (Wildman–Crippen LogP) is 2.83. The van der Waals surface area contributed by atoms with Crippen LogP contribution in [0.2, 0.25) is 0 Å². The molecule has 0 radical (unpaired) electrons. The van der Waals surface area contributed by atoms with E-state index in [4.69, 9.17) is 5.26 Å². The molecule has 0 aliphatic heterocycles. The summed E-state index contributed by atoms with van der Waals surface area (Å²) in [7, 11) is 0. The molecule has 0 spiro atoms. The van der Waals surface area contributed by atoms with Gasteiger partial charge >= 0.3 is 0 Å². The third-order valence-electron chi connectivity index (χ3n) is 3.43. The van der Waals surface area contributed by atoms with Gasteiger partial charge in [-0.3, -0.25) is 0 Å². The van der Waals surface area contributed by atoms with Gasteiger partial charge in [0.25, 0.3) is 0 Å². The summed E-state index contributed by atoms with van der Waals surface area (Å²) in [4.78, 5) is 4.67. The Morgan fingerprint density at radius 1 is 1.40 bits per heavy atom. The third-order valence-corrected chi connectivity index (χ3v) is 3.43. The molecule has 0 amide bonds. The second-order valence-corrected chi connectivity index (χ2v) is 6.30. The predicted molar refractivity (Wildman–Crippen MR) is 79.4 cm³/mol. The quantitative estimate of drug-likeness (QED) is 0.930. The minimum Gasteiger partial charge on any atom is -0.395 e. The van der Waals surface area contributed by atoms with E-state index in [1.807, 2.05) is 32.0 Å². The molecule has 1 aromatic carbocycles. The molecule has 0 bridgehead atoms. The second-order valence-electron chi connectivity index (χ2n) is 6.30. The van der Waals surface area contributed by atoms with E-state index in [-0.39, 0.29) is 6.61 Å². The van der Waals surface area contributed by atoms with Crippen LogP contribution in [0.4, 0.5) is 0 Å². The average Bonchev–Trinajstić information content (AvgIpc) is 2.76. The lowest BCUT2D eigenvalue weighted by Gasteiger charge is -2.23. The van der Waals surface area contributed by atoms with Crippen molar-refractivity contribution < 1.29 is 5.11 Å². The van der Waals surface area contributed by atoms with Crippen molar-refractivity contribution in [2.45, 2.75) is 39.7 Å². The molecule has 0 saturated heterocycles. The van der Waals surface area contributed by atoms with Crippen LogP contribution >= 0.6 is 0 Å². The Kier molecular flexibility index (Phi) is 3.82. The fourth-order valence-electron chi connectivity index (χ4n) is 2.34. The summed E-state index contributed by atoms with van der Waals surface area (Å²) in [6, 6.07) is 7.71. The molecule has 4 nitrogen and oxygen atoms in total. The minimum atomic E-state index is -0.402. The normalized spacial score (nSPS) is 12.1. The number of benzene rings is 1. The minimum absolute atomic E-state index is 0.0412. The highest BCUT2D eigenvalue weighted by atomic mass is 16.3. The third kappa shape index (κ3) is 2.54. The molecular formula is C16H21N3O. The van der Waals surface area contributed by atoms with E-state index < -0.39 is 5.41 Å². The lowest BCUT2D eigenvalue weighted by molar-refractivity contribution is 0.207. The van der Waals surface area contributed by atoms with Crippen molar-refractivity contribution in [1.82, 2.24) is 9.55 Å². The first-order chi connectivity index (χ1) is 9.39. The zero-order chi connectivity index (χ0) is 14.9. The van der Waals surface area contributed by atoms with E-state index in [0.29, 0.717) is 11.5 Å². The number of aliphatic hydroxyl groups is 1. The van der Waals surface area contributed by atoms with Gasteiger partial charge in [0.1, 0.15) is 5.82 Å². The van der Waals surface area contributed by atoms with E-state index in [1.165, 1.54) is 0 Å². The van der Waals surface area contributed by atoms with Crippen molar-refractivity contribution in [3.05, 3.63) is 29.6 Å². The number of aliphatic hydroxyl groups excluding tert-OH is 1. The van der Waals surface area contributed by atoms with Crippen molar-refractivity contribution >= 4 is 11.0 Å². The highest BCUT2D eigenvalue weighted by Gasteiger charge is 2.27. The van der Waals surface area contributed by atoms with Crippen LogP contribution in [0.1, 0.15) is 39.1 Å². The number of hydrogen-bond donors (Lipinski definition) is 1. The van der Waals surface area contributed by atoms with Crippen molar-refractivity contribution in [2.75, 3.05) is 6.61 Å². The van der Waals surface area contributed by atoms with Gasteiger partial charge in [-0.15, -0.1) is 0 Å². The van der Waals surface area contributed by atoms with Crippen LogP contribution in [0.3, 0.4) is 0 Å². The fraction of sp³-hybridized carbons (Fsp3) is 0.500. The summed E-state index contributed by atoms with van der Waals surface area (Å²) < 4.78 is 2.16. The monoisotopic (exact) mass is 271 g/mol. The van der Waals surface area contributed by atoms with Crippen molar-refractivity contribution in [3.63, 3.8) is 0 Å². The highest BCUT2D eigenvalue weighted by Crippen LogP contribution is 2.28. The van der Waals surface area contributed by atoms with Crippen molar-refractivity contribution in [1.29, 1.82) is 5.26 Å². The fourth-order valence-corrected chi connectivity index (χ4v) is 2.34. The Morgan fingerprint density at radius 3 is 2.65 bits per heavy atom. The van der Waals surface area contributed by atoms with E-state index in [1.54, 1.807) is 0 Å². The lowest BCUT2D eigenvalue weighted by Crippen LogP contribution is -2.27. The Balaban J connectivity index is 2.69. The summed E-state index contributed by atoms with van der Waals surface area (Å²) in [5.74, 6) is 1.36. The van der Waals surface area contributed by atoms with Gasteiger partial charge in [0.15, 0.2) is 0 Å². The molecule has 2 rings (SSSR count). The summed E-state index contributed by atoms with van der Waals surface area (Å²) in [6.07, 6.45) is 0. The van der Waals surface area contributed by atoms with Gasteiger partial charge in [-0.25, -0.2) is 4.98 Å². The molecule has 0 saturated carbocycles. The van der Waals surface area contributed by atoms with Gasteiger partial charge in [-0.05, 0) is 24.1 Å². The van der Waals surface area contributed by atoms with Gasteiger partial charge < -0.3 is 9.67 Å². The van der Waals surface area contributed by atoms with Crippen LogP contribution in [0.25, 0.3) is 11.0 Å². The van der Waals surface area contributed by atoms with E-state index >= 15 is 0 Å². The smallest absolute Gasteiger partial charge is 0.117 e. The molecule has 0 atom stereocenters. The number of nitriles is 1. The molecular weight excluding hydrogens is 250 g/mol. The largest absolute Gasteiger partial charge is 0.395 e. The van der Waals surface area contributed by atoms with Crippen molar-refractivity contribution in [3.8, 4) is 6.07 Å². The molecule has 1 aromatic heterocycles. The maximum atomic E-state index is 9.63. The first-order valence-corrected chi connectivity index (χ1v) is 6.91. The number of rotatable bonds is 4. The molecule has 2 aromatic rings. The standard InChI is InChI=1S/C16H21N3O/c1-11(2)9-19-14-6-5-12(8-17)7-13(14)18-15(19)16(3,4)10-20/h5-7,11,20H,9-10H2,1-4H3. The molecule has 1 N–H and O–H groups in total. The van der Waals surface area contributed by atoms with Gasteiger partial charge in [0.05, 0.1) is 29.3 Å². The van der Waals surface area contributed by atoms with Crippen LogP contribution in [-0.2, 0) is 12.0 Å². The zero-order valence-electron chi connectivity index (χ0n) is 12.5. The maximum absolute atomic E-state index is 9.63. The number of nitrogens with zero attached hydrogens (tertiary/aromatic N) is 3. The molecule has 106 valence electrons. The lowest BCUT2D eigenvalue weighted by atomic mass is 9.93. The Hall–Kier alpha value is -1.86. The molecule has 0 fully saturated rings. The molecule has 0 aliphatic rings. The summed E-state index contributed by atoms with van der Waals surface area (Å²) in [5.41, 5.74) is 2.05. The van der Waals surface area contributed by atoms with Gasteiger partial charge in [-0.2, -0.15) is 5.26 Å². The zero-order valence-corrected chi connectivity index (χ0v) is 12.5. The van der Waals surface area contributed by atoms with Crippen LogP contribution in [0, 0.1) is 17.2 Å². The average molecular weight is 271 g/mol. The maximum Gasteiger partial charge on any atom is 0.117 e. The van der Waals surface area contributed by atoms with Crippen LogP contribution < -0.4 is 0 Å². The molecule has 1 heterocycles. The summed E-state index contributed by atoms with van der Waals surface area (Å²) in [6.45, 7) is 9.17. The summed E-state index contributed by atoms with van der Waals surface area (Å²) in [5, 5.41) is 18.6. The van der Waals surface area contributed by atoms with Crippen LogP contribution in [0.15, 0.2) is 18.2 Å². The Bertz CT molecular complexity index is 662. The van der Waals surface area contributed by atoms with E-state index in [9.17, 15) is 5.11 Å². The SMILES string of the molecule is CC(C)Cn1c(C(C)(C)CO)nc2cc(C#N)ccc21. The van der Waals surface area contributed by atoms with E-state index in [2.05, 4.69) is 29.5 Å². The molecule has 20 heavy (non-hydrogen) atoms. The topological polar surface area (TPSA) is 61.8 Å². The Labute approximate surface area is 119 Å². The number of aromatic nitrogens is 2. The number of imidazole rings is 1. The first-order valence-electron chi connectivity index (χ1n) is 6.91. The molecule has 4 heteroatoms. The summed E-state index contributed by atoms with van der Waals surface area (Å²) >= 11 is 0. The first kappa shape index (κ1) is 14.5. The molecule has 0 unspecified atom stereocenters. The Morgan fingerprint density at radius 2 is 2.10 bits per heavy atom. The van der Waals surface area contributed by atoms with Crippen LogP contribution in [-0.4, -0.2) is 21.3 Å². The van der Waals surface area contributed by atoms with E-state index in [0.717, 1.165) is 23.4 Å². The van der Waals surface area contributed by atoms with Gasteiger partial charge in [0, 0.05) is 12.0 Å². The van der Waals surface area contributed by atoms with Crippen molar-refractivity contribution in [2.24, 2.45) is 5.92 Å². The van der Waals surface area contributed by atoms with Crippen LogP contribution in [0.5, 0.6) is 0 Å². The van der Waals surface area contributed by atoms with Gasteiger partial charge in [-0.1, -0.05) is 27.7 Å². The molecule has 0 aliphatic carbocycles. The number of fused-ring (bicyclic) bond motifs is 1.